The van der Waals surface area contributed by atoms with Gasteiger partial charge in [-0.05, 0) is 39.0 Å². The molecule has 12 heteroatoms. The van der Waals surface area contributed by atoms with E-state index in [0.717, 1.165) is 0 Å². The second kappa shape index (κ2) is 11.0. The molecule has 0 saturated heterocycles. The van der Waals surface area contributed by atoms with Crippen LogP contribution < -0.4 is 0 Å². The van der Waals surface area contributed by atoms with Crippen molar-refractivity contribution < 1.29 is 26.3 Å². The van der Waals surface area contributed by atoms with Crippen LogP contribution in [-0.2, 0) is 12.4 Å². The van der Waals surface area contributed by atoms with Crippen LogP contribution in [0.3, 0.4) is 0 Å². The molecule has 2 aliphatic carbocycles. The van der Waals surface area contributed by atoms with Crippen molar-refractivity contribution in [2.75, 3.05) is 0 Å². The summed E-state index contributed by atoms with van der Waals surface area (Å²) in [5.74, 6) is 0. The number of benzene rings is 3. The van der Waals surface area contributed by atoms with Gasteiger partial charge in [0.1, 0.15) is 6.07 Å². The van der Waals surface area contributed by atoms with Crippen LogP contribution in [0, 0.1) is 53.7 Å². The number of hydrogen-bond acceptors (Lipinski definition) is 3. The predicted molar refractivity (Wildman–Crippen MR) is 153 cm³/mol. The van der Waals surface area contributed by atoms with E-state index in [9.17, 15) is 15.8 Å². The number of hydrogen-bond donors (Lipinski definition) is 0. The van der Waals surface area contributed by atoms with Crippen molar-refractivity contribution in [1.29, 1.82) is 15.8 Å². The first-order chi connectivity index (χ1) is 21.9. The summed E-state index contributed by atoms with van der Waals surface area (Å²) < 4.78 is 92.6. The molecule has 0 atom stereocenters. The molecule has 0 fully saturated rings. The van der Waals surface area contributed by atoms with Crippen LogP contribution in [0.15, 0.2) is 72.1 Å². The Morgan fingerprint density at radius 1 is 0.587 bits per heavy atom. The molecule has 0 unspecified atom stereocenters. The Bertz CT molecular complexity index is 2080. The quantitative estimate of drug-likeness (QED) is 0.163. The van der Waals surface area contributed by atoms with Crippen LogP contribution >= 0.6 is 0 Å². The van der Waals surface area contributed by atoms with Gasteiger partial charge in [-0.15, -0.1) is 0 Å². The maximum Gasteiger partial charge on any atom is 0.417 e. The number of nitriles is 3. The maximum absolute atomic E-state index is 15.5. The third-order valence-corrected chi connectivity index (χ3v) is 7.30. The molecule has 0 N–H and O–H groups in total. The van der Waals surface area contributed by atoms with Gasteiger partial charge in [-0.1, -0.05) is 60.7 Å². The maximum atomic E-state index is 15.5. The van der Waals surface area contributed by atoms with Crippen molar-refractivity contribution in [3.05, 3.63) is 151 Å². The zero-order valence-corrected chi connectivity index (χ0v) is 22.7. The highest BCUT2D eigenvalue weighted by molar-refractivity contribution is 6.30. The summed E-state index contributed by atoms with van der Waals surface area (Å²) in [7, 11) is 0. The predicted octanol–water partition coefficient (Wildman–Crippen LogP) is 9.28. The zero-order valence-electron chi connectivity index (χ0n) is 22.7. The Morgan fingerprint density at radius 2 is 1.00 bits per heavy atom. The van der Waals surface area contributed by atoms with Gasteiger partial charge in [0, 0.05) is 16.7 Å². The van der Waals surface area contributed by atoms with E-state index in [1.807, 2.05) is 0 Å². The highest BCUT2D eigenvalue weighted by Crippen LogP contribution is 2.63. The first-order valence-corrected chi connectivity index (χ1v) is 12.7. The lowest BCUT2D eigenvalue weighted by Gasteiger charge is -2.25. The Labute approximate surface area is 257 Å². The molecule has 6 nitrogen and oxygen atoms in total. The average Bonchev–Trinajstić information content (AvgIpc) is 3.54. The molecule has 0 aliphatic heterocycles. The van der Waals surface area contributed by atoms with Crippen LogP contribution in [0.5, 0.6) is 0 Å². The van der Waals surface area contributed by atoms with E-state index in [-0.39, 0.29) is 11.1 Å². The minimum atomic E-state index is -5.56. The molecule has 5 rings (SSSR count). The van der Waals surface area contributed by atoms with Gasteiger partial charge in [-0.3, -0.25) is 0 Å². The average molecular weight is 616 g/mol. The normalized spacial score (nSPS) is 15.8. The van der Waals surface area contributed by atoms with Crippen LogP contribution in [0.4, 0.5) is 26.3 Å². The van der Waals surface area contributed by atoms with Gasteiger partial charge in [0.2, 0.25) is 5.70 Å². The molecule has 0 aromatic heterocycles. The topological polar surface area (TPSA) is 84.4 Å². The first-order valence-electron chi connectivity index (χ1n) is 12.7. The van der Waals surface area contributed by atoms with E-state index in [1.165, 1.54) is 72.8 Å². The van der Waals surface area contributed by atoms with E-state index in [2.05, 4.69) is 14.5 Å². The van der Waals surface area contributed by atoms with Gasteiger partial charge in [-0.25, -0.2) is 25.1 Å². The fourth-order valence-corrected chi connectivity index (χ4v) is 5.80. The lowest BCUT2D eigenvalue weighted by atomic mass is 9.82. The molecule has 46 heavy (non-hydrogen) atoms. The second-order valence-corrected chi connectivity index (χ2v) is 9.57. The highest BCUT2D eigenvalue weighted by atomic mass is 19.4. The minimum Gasteiger partial charge on any atom is -0.237 e. The van der Waals surface area contributed by atoms with E-state index in [4.69, 9.17) is 19.7 Å². The molecule has 0 bridgehead atoms. The minimum absolute atomic E-state index is 0.0480. The molecule has 0 amide bonds. The Hall–Kier alpha value is -6.86. The summed E-state index contributed by atoms with van der Waals surface area (Å²) in [6.45, 7) is 23.0. The van der Waals surface area contributed by atoms with E-state index in [0.29, 0.717) is 0 Å². The number of rotatable bonds is 2. The van der Waals surface area contributed by atoms with Crippen LogP contribution in [0.1, 0.15) is 44.5 Å². The lowest BCUT2D eigenvalue weighted by molar-refractivity contribution is -0.141. The Kier molecular flexibility index (Phi) is 7.32. The van der Waals surface area contributed by atoms with Gasteiger partial charge in [0.25, 0.3) is 11.4 Å². The summed E-state index contributed by atoms with van der Waals surface area (Å²) >= 11 is 0. The molecular formula is C34H10F6N6. The van der Waals surface area contributed by atoms with Crippen molar-refractivity contribution in [3.63, 3.8) is 0 Å². The van der Waals surface area contributed by atoms with Gasteiger partial charge in [0.05, 0.1) is 48.6 Å². The molecule has 2 aliphatic rings. The largest absolute Gasteiger partial charge is 0.417 e. The Balaban J connectivity index is 2.24. The Morgan fingerprint density at radius 3 is 1.39 bits per heavy atom. The lowest BCUT2D eigenvalue weighted by Crippen LogP contribution is -2.20. The molecule has 218 valence electrons. The van der Waals surface area contributed by atoms with Crippen LogP contribution in [0.2, 0.25) is 0 Å². The van der Waals surface area contributed by atoms with Crippen LogP contribution in [0.25, 0.3) is 48.1 Å². The van der Waals surface area contributed by atoms with Gasteiger partial charge >= 0.3 is 12.4 Å². The molecule has 0 saturated carbocycles. The van der Waals surface area contributed by atoms with Crippen molar-refractivity contribution in [2.45, 2.75) is 12.4 Å². The molecule has 3 aromatic rings. The smallest absolute Gasteiger partial charge is 0.237 e. The van der Waals surface area contributed by atoms with Crippen molar-refractivity contribution in [1.82, 2.24) is 0 Å². The molecule has 0 radical (unpaired) electrons. The number of alkyl halides is 6. The number of nitrogens with zero attached hydrogens (tertiary/aromatic N) is 6. The number of fused-ring (bicyclic) bond motifs is 2. The van der Waals surface area contributed by atoms with Gasteiger partial charge in [-0.2, -0.15) is 31.6 Å². The zero-order chi connectivity index (χ0) is 33.6. The molecule has 0 spiro atoms. The summed E-state index contributed by atoms with van der Waals surface area (Å²) in [6, 6.07) is 18.3. The van der Waals surface area contributed by atoms with E-state index >= 15 is 26.3 Å². The van der Waals surface area contributed by atoms with E-state index < -0.39 is 90.7 Å². The van der Waals surface area contributed by atoms with Crippen molar-refractivity contribution in [3.8, 4) is 18.2 Å². The van der Waals surface area contributed by atoms with Gasteiger partial charge < -0.3 is 0 Å². The fourth-order valence-electron chi connectivity index (χ4n) is 5.80. The van der Waals surface area contributed by atoms with Crippen molar-refractivity contribution in [2.24, 2.45) is 0 Å². The van der Waals surface area contributed by atoms with E-state index in [1.54, 1.807) is 6.07 Å². The monoisotopic (exact) mass is 616 g/mol. The third kappa shape index (κ3) is 4.39. The first kappa shape index (κ1) is 30.6. The molecule has 3 aromatic carbocycles. The highest BCUT2D eigenvalue weighted by Gasteiger charge is 2.53. The fraction of sp³-hybridized carbons (Fsp3) is 0.0588. The summed E-state index contributed by atoms with van der Waals surface area (Å²) in [5, 5.41) is 30.0. The number of halogens is 6. The number of allylic oxidation sites excluding steroid dienone is 7. The third-order valence-electron chi connectivity index (χ3n) is 7.30. The summed E-state index contributed by atoms with van der Waals surface area (Å²) in [6.07, 6.45) is -11.1. The molecular weight excluding hydrogens is 606 g/mol. The SMILES string of the molecule is [C-]#[N+]C1=C(c2ccccc2)/C(=C(/C#N)[N+]#[C-])c2c1c(C(F)(F)F)c1c(c2C(F)(F)F)/C(=C(/C#N)[N+]#[C-])C(c2ccccc2)=C1C#N. The molecule has 0 heterocycles. The van der Waals surface area contributed by atoms with Gasteiger partial charge in [0.15, 0.2) is 0 Å². The van der Waals surface area contributed by atoms with Crippen molar-refractivity contribution >= 4 is 33.6 Å². The standard InChI is InChI=1S/C34H10F6N6/c1-44-20(15-42)25-22(17-10-6-4-7-11-17)19(14-41)24-27(25)31(34(38,39)40)28-26(21(16-43)45-2)23(18-12-8-5-9-13-18)32(46-3)29(28)30(24)33(35,36)37/h4-13H/b25-20-,26-21+. The van der Waals surface area contributed by atoms with Crippen LogP contribution in [-0.4, -0.2) is 0 Å². The summed E-state index contributed by atoms with van der Waals surface area (Å²) in [5.41, 5.74) is -15.4. The second-order valence-electron chi connectivity index (χ2n) is 9.57. The summed E-state index contributed by atoms with van der Waals surface area (Å²) in [4.78, 5) is 9.28.